The van der Waals surface area contributed by atoms with Crippen LogP contribution in [0.2, 0.25) is 0 Å². The van der Waals surface area contributed by atoms with Gasteiger partial charge in [-0.15, -0.1) is 13.2 Å². The molecule has 0 fully saturated rings. The lowest BCUT2D eigenvalue weighted by atomic mass is 10.1. The summed E-state index contributed by atoms with van der Waals surface area (Å²) in [6.07, 6.45) is -0.715. The Labute approximate surface area is 216 Å². The van der Waals surface area contributed by atoms with Crippen LogP contribution in [-0.4, -0.2) is 42.3 Å². The fraction of sp³-hybridized carbons (Fsp3) is 0.120. The van der Waals surface area contributed by atoms with Crippen LogP contribution in [0.25, 0.3) is 28.5 Å². The molecule has 0 amide bonds. The summed E-state index contributed by atoms with van der Waals surface area (Å²) in [7, 11) is 0. The number of aromatic nitrogens is 6. The van der Waals surface area contributed by atoms with Crippen LogP contribution < -0.4 is 14.9 Å². The van der Waals surface area contributed by atoms with Crippen molar-refractivity contribution in [1.29, 1.82) is 0 Å². The van der Waals surface area contributed by atoms with Gasteiger partial charge in [0.25, 0.3) is 0 Å². The van der Waals surface area contributed by atoms with Crippen molar-refractivity contribution in [3.63, 3.8) is 0 Å². The molecule has 0 bridgehead atoms. The topological polar surface area (TPSA) is 89.0 Å². The molecule has 0 atom stereocenters. The van der Waals surface area contributed by atoms with E-state index in [0.717, 1.165) is 12.1 Å². The molecule has 200 valence electrons. The SMILES string of the molecule is Cc1cc(-n2nccc2OC(F)F)ccc1-n1ccc(=O)c(-c2ccnn2-c2cccc(OC(F)(F)F)c2)n1. The lowest BCUT2D eigenvalue weighted by molar-refractivity contribution is -0.274. The number of aryl methyl sites for hydroxylation is 1. The van der Waals surface area contributed by atoms with E-state index in [0.29, 0.717) is 16.9 Å². The van der Waals surface area contributed by atoms with Gasteiger partial charge in [0.1, 0.15) is 5.75 Å². The molecule has 0 aliphatic carbocycles. The molecular weight excluding hydrogens is 527 g/mol. The van der Waals surface area contributed by atoms with E-state index in [1.54, 1.807) is 25.1 Å². The number of benzene rings is 2. The number of hydrogen-bond donors (Lipinski definition) is 0. The number of hydrogen-bond acceptors (Lipinski definition) is 6. The van der Waals surface area contributed by atoms with Gasteiger partial charge >= 0.3 is 13.0 Å². The van der Waals surface area contributed by atoms with E-state index in [4.69, 9.17) is 0 Å². The van der Waals surface area contributed by atoms with E-state index in [1.807, 2.05) is 0 Å². The van der Waals surface area contributed by atoms with E-state index in [-0.39, 0.29) is 23.0 Å². The van der Waals surface area contributed by atoms with Gasteiger partial charge in [-0.05, 0) is 48.9 Å². The van der Waals surface area contributed by atoms with Crippen molar-refractivity contribution < 1.29 is 31.4 Å². The van der Waals surface area contributed by atoms with Crippen molar-refractivity contribution in [3.05, 3.63) is 95.0 Å². The van der Waals surface area contributed by atoms with E-state index in [9.17, 15) is 26.7 Å². The van der Waals surface area contributed by atoms with Gasteiger partial charge in [0.05, 0.1) is 35.1 Å². The first-order chi connectivity index (χ1) is 18.6. The van der Waals surface area contributed by atoms with Crippen molar-refractivity contribution in [2.45, 2.75) is 19.9 Å². The molecule has 0 radical (unpaired) electrons. The molecule has 0 saturated heterocycles. The monoisotopic (exact) mass is 544 g/mol. The summed E-state index contributed by atoms with van der Waals surface area (Å²) in [4.78, 5) is 12.8. The zero-order valence-electron chi connectivity index (χ0n) is 19.9. The van der Waals surface area contributed by atoms with Crippen LogP contribution in [-0.2, 0) is 0 Å². The normalized spacial score (nSPS) is 11.7. The van der Waals surface area contributed by atoms with Crippen LogP contribution in [0.5, 0.6) is 11.6 Å². The minimum absolute atomic E-state index is 0.0136. The molecule has 3 heterocycles. The molecule has 0 N–H and O–H groups in total. The second kappa shape index (κ2) is 10.0. The third kappa shape index (κ3) is 5.49. The zero-order chi connectivity index (χ0) is 27.7. The van der Waals surface area contributed by atoms with Gasteiger partial charge in [0.2, 0.25) is 11.3 Å². The van der Waals surface area contributed by atoms with Crippen molar-refractivity contribution in [2.75, 3.05) is 0 Å². The first-order valence-electron chi connectivity index (χ1n) is 11.2. The summed E-state index contributed by atoms with van der Waals surface area (Å²) in [5.41, 5.74) is 1.68. The summed E-state index contributed by atoms with van der Waals surface area (Å²) in [6, 6.07) is 14.2. The maximum Gasteiger partial charge on any atom is 0.573 e. The highest BCUT2D eigenvalue weighted by Gasteiger charge is 2.31. The first-order valence-corrected chi connectivity index (χ1v) is 11.2. The van der Waals surface area contributed by atoms with E-state index >= 15 is 0 Å². The predicted octanol–water partition coefficient (Wildman–Crippen LogP) is 5.08. The fourth-order valence-electron chi connectivity index (χ4n) is 3.91. The average Bonchev–Trinajstić information content (AvgIpc) is 3.53. The molecule has 3 aromatic heterocycles. The van der Waals surface area contributed by atoms with Gasteiger partial charge < -0.3 is 9.47 Å². The first kappa shape index (κ1) is 25.6. The molecule has 0 unspecified atom stereocenters. The summed E-state index contributed by atoms with van der Waals surface area (Å²) < 4.78 is 75.9. The molecule has 0 aliphatic heterocycles. The molecule has 0 aliphatic rings. The second-order valence-corrected chi connectivity index (χ2v) is 8.08. The molecule has 14 heteroatoms. The molecule has 0 saturated carbocycles. The third-order valence-electron chi connectivity index (χ3n) is 5.48. The Morgan fingerprint density at radius 1 is 0.897 bits per heavy atom. The number of nitrogens with zero attached hydrogens (tertiary/aromatic N) is 6. The molecular formula is C25H17F5N6O3. The summed E-state index contributed by atoms with van der Waals surface area (Å²) >= 11 is 0. The largest absolute Gasteiger partial charge is 0.573 e. The number of alkyl halides is 5. The standard InChI is InChI=1S/C25H17F5N6O3/c1-15-13-17(36-22(8-11-32-36)38-24(26)27)5-6-19(15)34-12-9-21(37)23(33-34)20-7-10-31-35(20)16-3-2-4-18(14-16)39-25(28,29)30/h2-14,24H,1H3. The fourth-order valence-corrected chi connectivity index (χ4v) is 3.91. The Balaban J connectivity index is 1.51. The lowest BCUT2D eigenvalue weighted by Crippen LogP contribution is -2.17. The Bertz CT molecular complexity index is 1690. The Morgan fingerprint density at radius 2 is 1.64 bits per heavy atom. The maximum absolute atomic E-state index is 12.8. The summed E-state index contributed by atoms with van der Waals surface area (Å²) in [5, 5.41) is 12.6. The predicted molar refractivity (Wildman–Crippen MR) is 128 cm³/mol. The molecule has 39 heavy (non-hydrogen) atoms. The van der Waals surface area contributed by atoms with Crippen LogP contribution in [0, 0.1) is 6.92 Å². The number of rotatable bonds is 7. The van der Waals surface area contributed by atoms with Crippen molar-refractivity contribution in [2.24, 2.45) is 0 Å². The van der Waals surface area contributed by atoms with Crippen molar-refractivity contribution in [3.8, 4) is 40.1 Å². The highest BCUT2D eigenvalue weighted by molar-refractivity contribution is 5.58. The summed E-state index contributed by atoms with van der Waals surface area (Å²) in [6.45, 7) is -1.26. The quantitative estimate of drug-likeness (QED) is 0.266. The second-order valence-electron chi connectivity index (χ2n) is 8.08. The molecule has 0 spiro atoms. The van der Waals surface area contributed by atoms with Gasteiger partial charge in [-0.3, -0.25) is 4.79 Å². The van der Waals surface area contributed by atoms with Crippen molar-refractivity contribution in [1.82, 2.24) is 29.3 Å². The summed E-state index contributed by atoms with van der Waals surface area (Å²) in [5.74, 6) is -0.589. The molecule has 5 rings (SSSR count). The van der Waals surface area contributed by atoms with Crippen LogP contribution in [0.4, 0.5) is 22.0 Å². The Kier molecular flexibility index (Phi) is 6.60. The Morgan fingerprint density at radius 3 is 2.38 bits per heavy atom. The van der Waals surface area contributed by atoms with E-state index in [1.165, 1.54) is 63.0 Å². The Hall–Kier alpha value is -5.01. The third-order valence-corrected chi connectivity index (χ3v) is 5.48. The molecule has 2 aromatic carbocycles. The van der Waals surface area contributed by atoms with Gasteiger partial charge in [0.15, 0.2) is 5.69 Å². The van der Waals surface area contributed by atoms with Crippen LogP contribution in [0.3, 0.4) is 0 Å². The maximum atomic E-state index is 12.8. The minimum Gasteiger partial charge on any atom is -0.417 e. The van der Waals surface area contributed by atoms with E-state index < -0.39 is 24.2 Å². The number of halogens is 5. The van der Waals surface area contributed by atoms with Gasteiger partial charge in [-0.1, -0.05) is 6.07 Å². The smallest absolute Gasteiger partial charge is 0.417 e. The average molecular weight is 544 g/mol. The minimum atomic E-state index is -4.87. The zero-order valence-corrected chi connectivity index (χ0v) is 19.9. The number of ether oxygens (including phenoxy) is 2. The molecule has 5 aromatic rings. The highest BCUT2D eigenvalue weighted by Crippen LogP contribution is 2.27. The van der Waals surface area contributed by atoms with E-state index in [2.05, 4.69) is 24.8 Å². The van der Waals surface area contributed by atoms with Crippen LogP contribution >= 0.6 is 0 Å². The van der Waals surface area contributed by atoms with Crippen LogP contribution in [0.15, 0.2) is 84.0 Å². The lowest BCUT2D eigenvalue weighted by Gasteiger charge is -2.14. The highest BCUT2D eigenvalue weighted by atomic mass is 19.4. The van der Waals surface area contributed by atoms with Gasteiger partial charge in [-0.25, -0.2) is 14.0 Å². The van der Waals surface area contributed by atoms with Gasteiger partial charge in [-0.2, -0.15) is 24.1 Å². The van der Waals surface area contributed by atoms with Crippen LogP contribution in [0.1, 0.15) is 5.56 Å². The molecule has 9 nitrogen and oxygen atoms in total. The van der Waals surface area contributed by atoms with Gasteiger partial charge in [0, 0.05) is 24.4 Å². The van der Waals surface area contributed by atoms with Crippen molar-refractivity contribution >= 4 is 0 Å².